The fraction of sp³-hybridized carbons (Fsp3) is 0.226. The molecule has 0 spiro atoms. The first-order valence-electron chi connectivity index (χ1n) is 12.5. The fourth-order valence-electron chi connectivity index (χ4n) is 4.26. The Morgan fingerprint density at radius 1 is 1.08 bits per heavy atom. The maximum absolute atomic E-state index is 13.3. The van der Waals surface area contributed by atoms with E-state index >= 15 is 0 Å². The van der Waals surface area contributed by atoms with Crippen LogP contribution in [0.3, 0.4) is 0 Å². The smallest absolute Gasteiger partial charge is 0.342 e. The second kappa shape index (κ2) is 12.0. The Hall–Kier alpha value is -4.41. The molecule has 4 aromatic rings. The van der Waals surface area contributed by atoms with Crippen molar-refractivity contribution >= 4 is 23.5 Å². The molecule has 0 aliphatic carbocycles. The third-order valence-corrected chi connectivity index (χ3v) is 6.76. The van der Waals surface area contributed by atoms with Gasteiger partial charge in [0, 0.05) is 23.2 Å². The van der Waals surface area contributed by atoms with Gasteiger partial charge in [0.2, 0.25) is 0 Å². The maximum Gasteiger partial charge on any atom is 0.342 e. The van der Waals surface area contributed by atoms with Gasteiger partial charge in [-0.15, -0.1) is 0 Å². The monoisotopic (exact) mass is 540 g/mol. The van der Waals surface area contributed by atoms with E-state index in [0.29, 0.717) is 17.0 Å². The summed E-state index contributed by atoms with van der Waals surface area (Å²) in [4.78, 5) is 26.2. The average Bonchev–Trinajstić information content (AvgIpc) is 3.44. The van der Waals surface area contributed by atoms with Crippen LogP contribution in [0.4, 0.5) is 0 Å². The van der Waals surface area contributed by atoms with Crippen molar-refractivity contribution in [2.24, 2.45) is 0 Å². The molecule has 7 nitrogen and oxygen atoms in total. The number of carbonyl (C=O) groups is 2. The van der Waals surface area contributed by atoms with Crippen LogP contribution in [0.5, 0.6) is 0 Å². The summed E-state index contributed by atoms with van der Waals surface area (Å²) in [5.74, 6) is -1.24. The summed E-state index contributed by atoms with van der Waals surface area (Å²) in [6.45, 7) is 5.01. The van der Waals surface area contributed by atoms with Crippen LogP contribution in [-0.2, 0) is 16.0 Å². The second-order valence-corrected chi connectivity index (χ2v) is 10.3. The zero-order valence-corrected chi connectivity index (χ0v) is 22.7. The number of esters is 1. The van der Waals surface area contributed by atoms with Gasteiger partial charge >= 0.3 is 5.97 Å². The van der Waals surface area contributed by atoms with Gasteiger partial charge < -0.3 is 10.1 Å². The molecule has 1 N–H and O–H groups in total. The second-order valence-electron chi connectivity index (χ2n) is 9.85. The van der Waals surface area contributed by atoms with Crippen LogP contribution in [0.2, 0.25) is 5.02 Å². The number of amides is 1. The molecular formula is C31H29ClN4O3. The van der Waals surface area contributed by atoms with Crippen molar-refractivity contribution in [3.63, 3.8) is 0 Å². The SMILES string of the molecule is C[C@H](NC(=O)C(C)(C)OC(=O)c1cnn(-c2ccccc2)c1)[C@@H](Cc1ccc(Cl)cc1)c1cccc(C#N)c1. The summed E-state index contributed by atoms with van der Waals surface area (Å²) < 4.78 is 7.20. The number of nitriles is 1. The largest absolute Gasteiger partial charge is 0.446 e. The van der Waals surface area contributed by atoms with Gasteiger partial charge in [-0.3, -0.25) is 4.79 Å². The molecule has 0 bridgehead atoms. The van der Waals surface area contributed by atoms with Gasteiger partial charge in [-0.1, -0.05) is 54.1 Å². The molecule has 3 aromatic carbocycles. The van der Waals surface area contributed by atoms with E-state index in [2.05, 4.69) is 16.5 Å². The summed E-state index contributed by atoms with van der Waals surface area (Å²) in [5.41, 5.74) is 2.09. The zero-order valence-electron chi connectivity index (χ0n) is 22.0. The van der Waals surface area contributed by atoms with Crippen LogP contribution >= 0.6 is 11.6 Å². The molecule has 0 fully saturated rings. The molecule has 0 aliphatic heterocycles. The number of hydrogen-bond acceptors (Lipinski definition) is 5. The van der Waals surface area contributed by atoms with E-state index in [4.69, 9.17) is 16.3 Å². The number of ether oxygens (including phenoxy) is 1. The number of nitrogens with one attached hydrogen (secondary N) is 1. The molecule has 1 aromatic heterocycles. The summed E-state index contributed by atoms with van der Waals surface area (Å²) in [6.07, 6.45) is 3.58. The Balaban J connectivity index is 1.48. The van der Waals surface area contributed by atoms with Gasteiger partial charge in [0.25, 0.3) is 5.91 Å². The Morgan fingerprint density at radius 3 is 2.49 bits per heavy atom. The fourth-order valence-corrected chi connectivity index (χ4v) is 4.39. The van der Waals surface area contributed by atoms with Crippen molar-refractivity contribution in [3.8, 4) is 11.8 Å². The lowest BCUT2D eigenvalue weighted by atomic mass is 9.85. The number of rotatable bonds is 9. The molecule has 1 heterocycles. The summed E-state index contributed by atoms with van der Waals surface area (Å²) in [7, 11) is 0. The van der Waals surface area contributed by atoms with Crippen molar-refractivity contribution < 1.29 is 14.3 Å². The Morgan fingerprint density at radius 2 is 1.79 bits per heavy atom. The number of halogens is 1. The van der Waals surface area contributed by atoms with E-state index in [1.165, 1.54) is 6.20 Å². The highest BCUT2D eigenvalue weighted by molar-refractivity contribution is 6.30. The number of benzene rings is 3. The maximum atomic E-state index is 13.3. The molecule has 0 radical (unpaired) electrons. The zero-order chi connectivity index (χ0) is 28.0. The Labute approximate surface area is 233 Å². The van der Waals surface area contributed by atoms with Gasteiger partial charge in [0.1, 0.15) is 0 Å². The number of para-hydroxylation sites is 1. The van der Waals surface area contributed by atoms with Crippen LogP contribution < -0.4 is 5.32 Å². The quantitative estimate of drug-likeness (QED) is 0.268. The van der Waals surface area contributed by atoms with E-state index in [0.717, 1.165) is 16.8 Å². The van der Waals surface area contributed by atoms with E-state index in [1.54, 1.807) is 30.8 Å². The molecule has 0 unspecified atom stereocenters. The van der Waals surface area contributed by atoms with Crippen molar-refractivity contribution in [1.82, 2.24) is 15.1 Å². The first kappa shape index (κ1) is 27.6. The lowest BCUT2D eigenvalue weighted by Crippen LogP contribution is -2.50. The molecule has 198 valence electrons. The lowest BCUT2D eigenvalue weighted by molar-refractivity contribution is -0.138. The van der Waals surface area contributed by atoms with Gasteiger partial charge in [-0.25, -0.2) is 9.48 Å². The van der Waals surface area contributed by atoms with Crippen LogP contribution in [0.1, 0.15) is 53.7 Å². The molecule has 4 rings (SSSR count). The van der Waals surface area contributed by atoms with E-state index in [1.807, 2.05) is 79.7 Å². The molecule has 8 heteroatoms. The van der Waals surface area contributed by atoms with Crippen LogP contribution in [-0.4, -0.2) is 33.3 Å². The molecule has 2 atom stereocenters. The molecule has 0 aliphatic rings. The first-order chi connectivity index (χ1) is 18.7. The minimum atomic E-state index is -1.44. The van der Waals surface area contributed by atoms with E-state index in [-0.39, 0.29) is 17.5 Å². The number of hydrogen-bond donors (Lipinski definition) is 1. The highest BCUT2D eigenvalue weighted by atomic mass is 35.5. The third kappa shape index (κ3) is 6.92. The minimum absolute atomic E-state index is 0.154. The van der Waals surface area contributed by atoms with Gasteiger partial charge in [-0.2, -0.15) is 10.4 Å². The Kier molecular flexibility index (Phi) is 8.48. The standard InChI is InChI=1S/C31H29ClN4O3/c1-21(28(17-22-12-14-26(32)15-13-22)24-9-7-8-23(16-24)18-33)35-30(38)31(2,3)39-29(37)25-19-34-36(20-25)27-10-5-4-6-11-27/h4-16,19-21,28H,17H2,1-3H3,(H,35,38)/t21-,28+/m0/s1. The first-order valence-corrected chi connectivity index (χ1v) is 12.9. The topological polar surface area (TPSA) is 97.0 Å². The number of aromatic nitrogens is 2. The average molecular weight is 541 g/mol. The van der Waals surface area contributed by atoms with Crippen LogP contribution in [0.15, 0.2) is 91.3 Å². The van der Waals surface area contributed by atoms with Crippen LogP contribution in [0, 0.1) is 11.3 Å². The van der Waals surface area contributed by atoms with Gasteiger partial charge in [0.15, 0.2) is 5.60 Å². The lowest BCUT2D eigenvalue weighted by Gasteiger charge is -2.30. The molecular weight excluding hydrogens is 512 g/mol. The van der Waals surface area contributed by atoms with Crippen LogP contribution in [0.25, 0.3) is 5.69 Å². The normalized spacial score (nSPS) is 12.7. The summed E-state index contributed by atoms with van der Waals surface area (Å²) >= 11 is 6.06. The van der Waals surface area contributed by atoms with Gasteiger partial charge in [-0.05, 0) is 74.7 Å². The summed E-state index contributed by atoms with van der Waals surface area (Å²) in [5, 5.41) is 17.3. The predicted molar refractivity (Wildman–Crippen MR) is 150 cm³/mol. The number of nitrogens with zero attached hydrogens (tertiary/aromatic N) is 3. The number of carbonyl (C=O) groups excluding carboxylic acids is 2. The summed E-state index contributed by atoms with van der Waals surface area (Å²) in [6, 6.07) is 26.1. The van der Waals surface area contributed by atoms with E-state index in [9.17, 15) is 14.9 Å². The Bertz CT molecular complexity index is 1490. The predicted octanol–water partition coefficient (Wildman–Crippen LogP) is 5.86. The molecule has 0 saturated carbocycles. The van der Waals surface area contributed by atoms with Crippen molar-refractivity contribution in [1.29, 1.82) is 5.26 Å². The van der Waals surface area contributed by atoms with Crippen molar-refractivity contribution in [2.45, 2.75) is 44.8 Å². The highest BCUT2D eigenvalue weighted by Gasteiger charge is 2.35. The van der Waals surface area contributed by atoms with Crippen molar-refractivity contribution in [2.75, 3.05) is 0 Å². The van der Waals surface area contributed by atoms with Crippen molar-refractivity contribution in [3.05, 3.63) is 119 Å². The molecule has 0 saturated heterocycles. The third-order valence-electron chi connectivity index (χ3n) is 6.51. The highest BCUT2D eigenvalue weighted by Crippen LogP contribution is 2.27. The molecule has 39 heavy (non-hydrogen) atoms. The molecule has 1 amide bonds. The minimum Gasteiger partial charge on any atom is -0.446 e. The van der Waals surface area contributed by atoms with E-state index < -0.39 is 17.5 Å². The van der Waals surface area contributed by atoms with Gasteiger partial charge in [0.05, 0.1) is 29.1 Å².